The number of aromatic nitrogens is 3. The SMILES string of the molecule is CC1(C)c2ccccc2C2(c3ccc(-c4ccc(-c5ccc(C6=CC=CCC6)cc5)cc4)cc3-c3c(-c4nc(-c5ccccc5)nc(-c5ccc(-c6ccccc6)cc5)n4)cccc32)c2ccccc21. The number of nitrogens with zero attached hydrogens (tertiary/aromatic N) is 3. The Labute approximate surface area is 410 Å². The molecule has 0 saturated heterocycles. The lowest BCUT2D eigenvalue weighted by Gasteiger charge is -2.46. The monoisotopic (exact) mass is 895 g/mol. The third kappa shape index (κ3) is 6.68. The molecule has 0 amide bonds. The summed E-state index contributed by atoms with van der Waals surface area (Å²) in [6, 6.07) is 79.7. The molecule has 0 atom stereocenters. The van der Waals surface area contributed by atoms with Crippen molar-refractivity contribution in [2.45, 2.75) is 37.5 Å². The van der Waals surface area contributed by atoms with Gasteiger partial charge in [-0.3, -0.25) is 0 Å². The Morgan fingerprint density at radius 1 is 0.343 bits per heavy atom. The summed E-state index contributed by atoms with van der Waals surface area (Å²) in [5, 5.41) is 0. The van der Waals surface area contributed by atoms with E-state index in [4.69, 9.17) is 15.0 Å². The van der Waals surface area contributed by atoms with Crippen molar-refractivity contribution in [1.82, 2.24) is 15.0 Å². The molecule has 1 aromatic heterocycles. The van der Waals surface area contributed by atoms with Crippen molar-refractivity contribution in [2.75, 3.05) is 0 Å². The normalized spacial score (nSPS) is 14.6. The van der Waals surface area contributed by atoms with Gasteiger partial charge in [-0.05, 0) is 108 Å². The van der Waals surface area contributed by atoms with Crippen molar-refractivity contribution >= 4 is 5.57 Å². The Morgan fingerprint density at radius 3 is 1.36 bits per heavy atom. The van der Waals surface area contributed by atoms with E-state index in [1.165, 1.54) is 72.3 Å². The van der Waals surface area contributed by atoms with Crippen LogP contribution in [0.15, 0.2) is 237 Å². The van der Waals surface area contributed by atoms with Crippen molar-refractivity contribution in [3.8, 4) is 78.7 Å². The summed E-state index contributed by atoms with van der Waals surface area (Å²) in [6.45, 7) is 4.75. The maximum Gasteiger partial charge on any atom is 0.164 e. The molecule has 10 aromatic rings. The smallest absolute Gasteiger partial charge is 0.164 e. The third-order valence-corrected chi connectivity index (χ3v) is 15.1. The molecule has 0 saturated carbocycles. The van der Waals surface area contributed by atoms with Crippen molar-refractivity contribution in [3.63, 3.8) is 0 Å². The third-order valence-electron chi connectivity index (χ3n) is 15.1. The van der Waals surface area contributed by atoms with Gasteiger partial charge >= 0.3 is 0 Å². The van der Waals surface area contributed by atoms with Crippen molar-refractivity contribution in [1.29, 1.82) is 0 Å². The van der Waals surface area contributed by atoms with Crippen LogP contribution in [0.2, 0.25) is 0 Å². The van der Waals surface area contributed by atoms with Crippen LogP contribution in [-0.2, 0) is 10.8 Å². The van der Waals surface area contributed by atoms with Gasteiger partial charge in [-0.2, -0.15) is 0 Å². The second kappa shape index (κ2) is 16.6. The first kappa shape index (κ1) is 41.6. The van der Waals surface area contributed by atoms with Crippen LogP contribution in [0.25, 0.3) is 84.2 Å². The predicted octanol–water partition coefficient (Wildman–Crippen LogP) is 16.6. The molecule has 1 heterocycles. The molecule has 332 valence electrons. The zero-order valence-electron chi connectivity index (χ0n) is 39.3. The molecule has 70 heavy (non-hydrogen) atoms. The summed E-state index contributed by atoms with van der Waals surface area (Å²) >= 11 is 0. The van der Waals surface area contributed by atoms with Gasteiger partial charge in [-0.15, -0.1) is 0 Å². The summed E-state index contributed by atoms with van der Waals surface area (Å²) in [6.07, 6.45) is 8.85. The Morgan fingerprint density at radius 2 is 0.786 bits per heavy atom. The van der Waals surface area contributed by atoms with E-state index in [2.05, 4.69) is 232 Å². The highest BCUT2D eigenvalue weighted by Crippen LogP contribution is 2.63. The van der Waals surface area contributed by atoms with Crippen molar-refractivity contribution in [2.24, 2.45) is 0 Å². The molecule has 0 N–H and O–H groups in total. The van der Waals surface area contributed by atoms with Crippen LogP contribution in [0.4, 0.5) is 0 Å². The first-order valence-electron chi connectivity index (χ1n) is 24.5. The largest absolute Gasteiger partial charge is 0.208 e. The zero-order valence-corrected chi connectivity index (χ0v) is 39.3. The summed E-state index contributed by atoms with van der Waals surface area (Å²) in [5.41, 5.74) is 22.0. The first-order chi connectivity index (χ1) is 34.4. The highest BCUT2D eigenvalue weighted by atomic mass is 15.0. The maximum atomic E-state index is 5.42. The fourth-order valence-corrected chi connectivity index (χ4v) is 11.7. The average molecular weight is 896 g/mol. The molecule has 0 radical (unpaired) electrons. The summed E-state index contributed by atoms with van der Waals surface area (Å²) in [4.78, 5) is 16.0. The van der Waals surface area contributed by atoms with E-state index in [0.717, 1.165) is 46.2 Å². The van der Waals surface area contributed by atoms with Gasteiger partial charge in [-0.25, -0.2) is 15.0 Å². The van der Waals surface area contributed by atoms with Gasteiger partial charge in [0, 0.05) is 22.1 Å². The molecule has 9 aromatic carbocycles. The molecule has 13 rings (SSSR count). The Hall–Kier alpha value is -8.53. The van der Waals surface area contributed by atoms with Gasteiger partial charge in [0.05, 0.1) is 5.41 Å². The Bertz CT molecular complexity index is 3650. The van der Waals surface area contributed by atoms with Gasteiger partial charge in [-0.1, -0.05) is 244 Å². The Kier molecular flexibility index (Phi) is 9.88. The lowest BCUT2D eigenvalue weighted by Crippen LogP contribution is -2.40. The second-order valence-corrected chi connectivity index (χ2v) is 19.4. The second-order valence-electron chi connectivity index (χ2n) is 19.4. The minimum atomic E-state index is -0.590. The summed E-state index contributed by atoms with van der Waals surface area (Å²) in [7, 11) is 0. The number of allylic oxidation sites excluding steroid dienone is 4. The standard InChI is InChI=1S/C67H49N3/c1-66(2)57-24-12-14-26-59(57)67(60-27-15-13-25-58(60)66)56-42-41-53(50-35-33-49(34-36-50)48-31-29-46(30-32-48)44-17-6-3-7-18-44)43-55(56)62-54(23-16-28-61(62)67)65-69-63(51-21-10-5-11-22-51)68-64(70-65)52-39-37-47(38-40-52)45-19-8-4-9-20-45/h3-6,8-17,19-43H,7,18H2,1-2H3. The molecule has 3 heteroatoms. The first-order valence-corrected chi connectivity index (χ1v) is 24.5. The van der Waals surface area contributed by atoms with Gasteiger partial charge in [0.25, 0.3) is 0 Å². The van der Waals surface area contributed by atoms with Gasteiger partial charge in [0.1, 0.15) is 0 Å². The molecule has 3 nitrogen and oxygen atoms in total. The minimum Gasteiger partial charge on any atom is -0.208 e. The molecule has 3 aliphatic carbocycles. The van der Waals surface area contributed by atoms with E-state index in [1.54, 1.807) is 0 Å². The molecule has 0 bridgehead atoms. The van der Waals surface area contributed by atoms with E-state index in [-0.39, 0.29) is 5.41 Å². The van der Waals surface area contributed by atoms with Crippen LogP contribution in [0.1, 0.15) is 65.6 Å². The van der Waals surface area contributed by atoms with Crippen LogP contribution in [0, 0.1) is 0 Å². The highest BCUT2D eigenvalue weighted by molar-refractivity contribution is 5.97. The summed E-state index contributed by atoms with van der Waals surface area (Å²) in [5.74, 6) is 1.92. The van der Waals surface area contributed by atoms with Crippen LogP contribution < -0.4 is 0 Å². The lowest BCUT2D eigenvalue weighted by molar-refractivity contribution is 0.563. The number of hydrogen-bond acceptors (Lipinski definition) is 3. The summed E-state index contributed by atoms with van der Waals surface area (Å²) < 4.78 is 0. The number of fused-ring (bicyclic) bond motifs is 9. The number of benzene rings is 9. The van der Waals surface area contributed by atoms with Crippen molar-refractivity contribution in [3.05, 3.63) is 276 Å². The van der Waals surface area contributed by atoms with Crippen LogP contribution in [0.5, 0.6) is 0 Å². The quantitative estimate of drug-likeness (QED) is 0.160. The van der Waals surface area contributed by atoms with Crippen molar-refractivity contribution < 1.29 is 0 Å². The number of hydrogen-bond donors (Lipinski definition) is 0. The topological polar surface area (TPSA) is 38.7 Å². The minimum absolute atomic E-state index is 0.213. The molecular formula is C67H49N3. The lowest BCUT2D eigenvalue weighted by atomic mass is 9.55. The van der Waals surface area contributed by atoms with Crippen LogP contribution in [-0.4, -0.2) is 15.0 Å². The van der Waals surface area contributed by atoms with E-state index in [9.17, 15) is 0 Å². The van der Waals surface area contributed by atoms with Crippen LogP contribution in [0.3, 0.4) is 0 Å². The number of rotatable bonds is 7. The average Bonchev–Trinajstić information content (AvgIpc) is 3.73. The van der Waals surface area contributed by atoms with E-state index >= 15 is 0 Å². The molecule has 0 unspecified atom stereocenters. The van der Waals surface area contributed by atoms with E-state index in [1.807, 2.05) is 18.2 Å². The fourth-order valence-electron chi connectivity index (χ4n) is 11.7. The molecule has 0 fully saturated rings. The Balaban J connectivity index is 1.01. The molecule has 1 spiro atoms. The zero-order chi connectivity index (χ0) is 46.8. The fraction of sp³-hybridized carbons (Fsp3) is 0.0896. The molecular weight excluding hydrogens is 847 g/mol. The molecule has 3 aliphatic rings. The maximum absolute atomic E-state index is 5.42. The van der Waals surface area contributed by atoms with Gasteiger partial charge in [0.2, 0.25) is 0 Å². The predicted molar refractivity (Wildman–Crippen MR) is 288 cm³/mol. The molecule has 0 aliphatic heterocycles. The van der Waals surface area contributed by atoms with Crippen LogP contribution >= 0.6 is 0 Å². The van der Waals surface area contributed by atoms with E-state index < -0.39 is 5.41 Å². The van der Waals surface area contributed by atoms with Gasteiger partial charge in [0.15, 0.2) is 17.5 Å². The van der Waals surface area contributed by atoms with Gasteiger partial charge < -0.3 is 0 Å². The highest BCUT2D eigenvalue weighted by Gasteiger charge is 2.54. The van der Waals surface area contributed by atoms with E-state index in [0.29, 0.717) is 17.5 Å².